The van der Waals surface area contributed by atoms with Crippen LogP contribution in [0.3, 0.4) is 0 Å². The molecule has 2 aromatic rings. The number of carbonyl (C=O) groups is 2. The average molecular weight is 417 g/mol. The molecule has 1 fully saturated rings. The lowest BCUT2D eigenvalue weighted by Crippen LogP contribution is -2.44. The van der Waals surface area contributed by atoms with Crippen molar-refractivity contribution in [2.75, 3.05) is 20.2 Å². The number of ether oxygens (including phenoxy) is 1. The predicted molar refractivity (Wildman–Crippen MR) is 104 cm³/mol. The molecule has 1 N–H and O–H groups in total. The largest absolute Gasteiger partial charge is 0.491 e. The van der Waals surface area contributed by atoms with E-state index in [4.69, 9.17) is 4.74 Å². The highest BCUT2D eigenvalue weighted by atomic mass is 19.1. The van der Waals surface area contributed by atoms with E-state index in [1.165, 1.54) is 19.4 Å². The third kappa shape index (κ3) is 3.44. The molecule has 0 radical (unpaired) electrons. The minimum absolute atomic E-state index is 0.0595. The Labute approximate surface area is 171 Å². The summed E-state index contributed by atoms with van der Waals surface area (Å²) in [5, 5.41) is 2.49. The Balaban J connectivity index is 1.69. The van der Waals surface area contributed by atoms with Gasteiger partial charge in [-0.3, -0.25) is 14.4 Å². The first-order chi connectivity index (χ1) is 14.4. The summed E-state index contributed by atoms with van der Waals surface area (Å²) < 4.78 is 33.8. The Kier molecular flexibility index (Phi) is 5.27. The van der Waals surface area contributed by atoms with Gasteiger partial charge in [0.1, 0.15) is 17.2 Å². The number of halogens is 2. The van der Waals surface area contributed by atoms with Gasteiger partial charge in [-0.05, 0) is 25.3 Å². The molecule has 7 nitrogen and oxygen atoms in total. The second-order valence-corrected chi connectivity index (χ2v) is 7.48. The maximum Gasteiger partial charge on any atom is 0.274 e. The predicted octanol–water partition coefficient (Wildman–Crippen LogP) is 2.25. The number of nitrogens with one attached hydrogen (secondary N) is 1. The first-order valence-electron chi connectivity index (χ1n) is 9.75. The summed E-state index contributed by atoms with van der Waals surface area (Å²) in [4.78, 5) is 40.2. The van der Waals surface area contributed by atoms with Crippen LogP contribution in [0.5, 0.6) is 5.75 Å². The average Bonchev–Trinajstić information content (AvgIpc) is 2.95. The van der Waals surface area contributed by atoms with Crippen LogP contribution in [0.2, 0.25) is 0 Å². The van der Waals surface area contributed by atoms with E-state index in [9.17, 15) is 23.2 Å². The molecule has 1 atom stereocenters. The van der Waals surface area contributed by atoms with Crippen LogP contribution in [-0.4, -0.2) is 41.5 Å². The van der Waals surface area contributed by atoms with Crippen LogP contribution < -0.4 is 15.5 Å². The molecule has 0 unspecified atom stereocenters. The quantitative estimate of drug-likeness (QED) is 0.828. The highest BCUT2D eigenvalue weighted by Gasteiger charge is 2.36. The van der Waals surface area contributed by atoms with Gasteiger partial charge in [0, 0.05) is 37.5 Å². The van der Waals surface area contributed by atoms with E-state index in [0.29, 0.717) is 13.1 Å². The van der Waals surface area contributed by atoms with Gasteiger partial charge in [0.25, 0.3) is 11.8 Å². The van der Waals surface area contributed by atoms with Crippen molar-refractivity contribution >= 4 is 11.8 Å². The molecule has 1 aromatic carbocycles. The van der Waals surface area contributed by atoms with Crippen LogP contribution in [0.4, 0.5) is 8.78 Å². The van der Waals surface area contributed by atoms with Crippen molar-refractivity contribution in [1.29, 1.82) is 0 Å². The molecule has 0 aliphatic carbocycles. The van der Waals surface area contributed by atoms with Crippen LogP contribution in [0.15, 0.2) is 29.2 Å². The molecule has 0 spiro atoms. The fraction of sp³-hybridized carbons (Fsp3) is 0.381. The van der Waals surface area contributed by atoms with Crippen molar-refractivity contribution in [3.05, 3.63) is 63.1 Å². The Bertz CT molecular complexity index is 1080. The Morgan fingerprint density at radius 1 is 1.27 bits per heavy atom. The summed E-state index contributed by atoms with van der Waals surface area (Å²) in [6, 6.07) is 2.98. The second-order valence-electron chi connectivity index (χ2n) is 7.48. The standard InChI is InChI=1S/C21H21F2N3O4/c1-30-19-17-21(29)25-7-3-2-4-14(10-25)26(17)11-15(18(19)27)20(28)24-9-12-5-6-13(22)8-16(12)23/h5-6,8,11,14H,2-4,7,9-10H2,1H3,(H,24,28)/t14-/m0/s1. The molecule has 2 aliphatic rings. The number of pyridine rings is 1. The lowest BCUT2D eigenvalue weighted by molar-refractivity contribution is 0.0676. The minimum atomic E-state index is -0.792. The van der Waals surface area contributed by atoms with Crippen molar-refractivity contribution in [3.63, 3.8) is 0 Å². The van der Waals surface area contributed by atoms with Crippen LogP contribution >= 0.6 is 0 Å². The Morgan fingerprint density at radius 2 is 2.07 bits per heavy atom. The molecule has 0 saturated carbocycles. The number of carbonyl (C=O) groups excluding carboxylic acids is 2. The molecule has 30 heavy (non-hydrogen) atoms. The first kappa shape index (κ1) is 20.1. The van der Waals surface area contributed by atoms with Gasteiger partial charge in [0.2, 0.25) is 5.43 Å². The molecule has 3 heterocycles. The van der Waals surface area contributed by atoms with Gasteiger partial charge in [-0.2, -0.15) is 0 Å². The molecule has 1 aromatic heterocycles. The summed E-state index contributed by atoms with van der Waals surface area (Å²) >= 11 is 0. The highest BCUT2D eigenvalue weighted by Crippen LogP contribution is 2.32. The number of aromatic nitrogens is 1. The van der Waals surface area contributed by atoms with Crippen molar-refractivity contribution in [2.45, 2.75) is 31.8 Å². The van der Waals surface area contributed by atoms with E-state index < -0.39 is 23.0 Å². The van der Waals surface area contributed by atoms with Gasteiger partial charge in [-0.25, -0.2) is 8.78 Å². The number of fused-ring (bicyclic) bond motifs is 4. The minimum Gasteiger partial charge on any atom is -0.491 e. The van der Waals surface area contributed by atoms with E-state index in [1.807, 2.05) is 0 Å². The number of benzene rings is 1. The SMILES string of the molecule is COc1c2n(cc(C(=O)NCc3ccc(F)cc3F)c1=O)[C@H]1CCCCN(C1)C2=O. The topological polar surface area (TPSA) is 80.6 Å². The van der Waals surface area contributed by atoms with E-state index in [2.05, 4.69) is 5.32 Å². The number of hydrogen-bond donors (Lipinski definition) is 1. The molecule has 2 aliphatic heterocycles. The Morgan fingerprint density at radius 3 is 2.80 bits per heavy atom. The normalized spacial score (nSPS) is 17.9. The van der Waals surface area contributed by atoms with Crippen molar-refractivity contribution in [2.24, 2.45) is 0 Å². The maximum atomic E-state index is 13.8. The molecule has 4 rings (SSSR count). The van der Waals surface area contributed by atoms with Gasteiger partial charge in [-0.15, -0.1) is 0 Å². The number of amides is 2. The van der Waals surface area contributed by atoms with Gasteiger partial charge in [-0.1, -0.05) is 6.07 Å². The van der Waals surface area contributed by atoms with Gasteiger partial charge in [0.15, 0.2) is 11.4 Å². The zero-order valence-electron chi connectivity index (χ0n) is 16.4. The summed E-state index contributed by atoms with van der Waals surface area (Å²) in [5.74, 6) is -2.69. The first-order valence-corrected chi connectivity index (χ1v) is 9.75. The number of methoxy groups -OCH3 is 1. The third-order valence-corrected chi connectivity index (χ3v) is 5.63. The Hall–Kier alpha value is -3.23. The summed E-state index contributed by atoms with van der Waals surface area (Å²) in [6.45, 7) is 0.919. The van der Waals surface area contributed by atoms with Crippen molar-refractivity contribution in [3.8, 4) is 5.75 Å². The van der Waals surface area contributed by atoms with E-state index in [0.717, 1.165) is 31.4 Å². The second kappa shape index (κ2) is 7.89. The summed E-state index contributed by atoms with van der Waals surface area (Å²) in [6.07, 6.45) is 4.00. The van der Waals surface area contributed by atoms with Gasteiger partial charge in [0.05, 0.1) is 13.2 Å². The van der Waals surface area contributed by atoms with Gasteiger partial charge >= 0.3 is 0 Å². The molecular weight excluding hydrogens is 396 g/mol. The van der Waals surface area contributed by atoms with Crippen molar-refractivity contribution < 1.29 is 23.1 Å². The fourth-order valence-corrected chi connectivity index (χ4v) is 4.07. The molecule has 1 saturated heterocycles. The van der Waals surface area contributed by atoms with Crippen LogP contribution in [0.25, 0.3) is 0 Å². The smallest absolute Gasteiger partial charge is 0.274 e. The summed E-state index contributed by atoms with van der Waals surface area (Å²) in [7, 11) is 1.29. The van der Waals surface area contributed by atoms with Crippen molar-refractivity contribution in [1.82, 2.24) is 14.8 Å². The third-order valence-electron chi connectivity index (χ3n) is 5.63. The molecule has 2 bridgehead atoms. The number of nitrogens with zero attached hydrogens (tertiary/aromatic N) is 2. The van der Waals surface area contributed by atoms with Crippen LogP contribution in [-0.2, 0) is 6.54 Å². The number of rotatable bonds is 4. The zero-order valence-corrected chi connectivity index (χ0v) is 16.4. The molecular formula is C21H21F2N3O4. The molecule has 9 heteroatoms. The highest BCUT2D eigenvalue weighted by molar-refractivity contribution is 5.99. The van der Waals surface area contributed by atoms with E-state index in [-0.39, 0.29) is 41.1 Å². The lowest BCUT2D eigenvalue weighted by Gasteiger charge is -2.34. The molecule has 2 amide bonds. The van der Waals surface area contributed by atoms with E-state index >= 15 is 0 Å². The van der Waals surface area contributed by atoms with Crippen LogP contribution in [0, 0.1) is 11.6 Å². The van der Waals surface area contributed by atoms with Crippen LogP contribution in [0.1, 0.15) is 51.7 Å². The molecule has 158 valence electrons. The fourth-order valence-electron chi connectivity index (χ4n) is 4.07. The van der Waals surface area contributed by atoms with E-state index in [1.54, 1.807) is 9.47 Å². The van der Waals surface area contributed by atoms with Gasteiger partial charge < -0.3 is 19.5 Å². The summed E-state index contributed by atoms with van der Waals surface area (Å²) in [5.41, 5.74) is -0.649. The maximum absolute atomic E-state index is 13.8. The lowest BCUT2D eigenvalue weighted by atomic mass is 10.1. The zero-order chi connectivity index (χ0) is 21.4. The monoisotopic (exact) mass is 417 g/mol. The number of hydrogen-bond acceptors (Lipinski definition) is 4.